The van der Waals surface area contributed by atoms with Crippen LogP contribution < -0.4 is 5.32 Å². The van der Waals surface area contributed by atoms with Gasteiger partial charge < -0.3 is 9.73 Å². The Balaban J connectivity index is 1.52. The number of carbonyl (C=O) groups is 1. The monoisotopic (exact) mass is 344 g/mol. The van der Waals surface area contributed by atoms with E-state index in [4.69, 9.17) is 4.42 Å². The number of carbonyl (C=O) groups excluding carboxylic acids is 1. The summed E-state index contributed by atoms with van der Waals surface area (Å²) < 4.78 is 7.28. The number of amides is 1. The molecule has 0 unspecified atom stereocenters. The van der Waals surface area contributed by atoms with Gasteiger partial charge in [0.1, 0.15) is 5.76 Å². The maximum absolute atomic E-state index is 12.7. The first-order valence-electron chi connectivity index (χ1n) is 9.01. The molecule has 136 valence electrons. The van der Waals surface area contributed by atoms with Crippen LogP contribution in [-0.4, -0.2) is 33.7 Å². The lowest BCUT2D eigenvalue weighted by atomic mass is 9.95. The average Bonchev–Trinajstić information content (AvgIpc) is 3.16. The molecule has 3 heterocycles. The van der Waals surface area contributed by atoms with Crippen molar-refractivity contribution in [2.45, 2.75) is 46.2 Å². The summed E-state index contributed by atoms with van der Waals surface area (Å²) in [6.45, 7) is 8.77. The lowest BCUT2D eigenvalue weighted by Crippen LogP contribution is -2.41. The molecular formula is C19H28N4O2. The van der Waals surface area contributed by atoms with Crippen molar-refractivity contribution in [3.63, 3.8) is 0 Å². The van der Waals surface area contributed by atoms with Gasteiger partial charge in [0.2, 0.25) is 5.91 Å². The Labute approximate surface area is 149 Å². The molecule has 0 bridgehead atoms. The van der Waals surface area contributed by atoms with Gasteiger partial charge in [0.05, 0.1) is 24.5 Å². The first-order chi connectivity index (χ1) is 12.0. The molecule has 1 aliphatic heterocycles. The second-order valence-corrected chi connectivity index (χ2v) is 7.07. The van der Waals surface area contributed by atoms with E-state index in [0.717, 1.165) is 55.2 Å². The van der Waals surface area contributed by atoms with Crippen molar-refractivity contribution in [2.75, 3.05) is 13.1 Å². The average molecular weight is 344 g/mol. The summed E-state index contributed by atoms with van der Waals surface area (Å²) in [6, 6.07) is 3.90. The highest BCUT2D eigenvalue weighted by Crippen LogP contribution is 2.24. The summed E-state index contributed by atoms with van der Waals surface area (Å²) in [5.74, 6) is 1.24. The maximum Gasteiger partial charge on any atom is 0.223 e. The maximum atomic E-state index is 12.7. The van der Waals surface area contributed by atoms with E-state index in [2.05, 4.69) is 15.3 Å². The number of likely N-dealkylation sites (tertiary alicyclic amines) is 1. The van der Waals surface area contributed by atoms with Gasteiger partial charge in [0.25, 0.3) is 0 Å². The number of aryl methyl sites for hydroxylation is 2. The molecule has 1 amide bonds. The normalized spacial score (nSPS) is 17.6. The Kier molecular flexibility index (Phi) is 5.27. The highest BCUT2D eigenvalue weighted by atomic mass is 16.3. The van der Waals surface area contributed by atoms with E-state index in [1.807, 2.05) is 44.6 Å². The van der Waals surface area contributed by atoms with Crippen LogP contribution in [0.15, 0.2) is 22.8 Å². The molecule has 2 aromatic heterocycles. The van der Waals surface area contributed by atoms with Crippen LogP contribution in [0, 0.1) is 19.8 Å². The zero-order valence-electron chi connectivity index (χ0n) is 15.6. The van der Waals surface area contributed by atoms with Crippen LogP contribution >= 0.6 is 0 Å². The zero-order valence-corrected chi connectivity index (χ0v) is 15.6. The van der Waals surface area contributed by atoms with Gasteiger partial charge in [0.15, 0.2) is 0 Å². The van der Waals surface area contributed by atoms with Crippen LogP contribution in [0.3, 0.4) is 0 Å². The highest BCUT2D eigenvalue weighted by molar-refractivity contribution is 5.79. The molecule has 0 spiro atoms. The van der Waals surface area contributed by atoms with E-state index in [1.54, 1.807) is 6.26 Å². The Morgan fingerprint density at radius 1 is 1.40 bits per heavy atom. The fourth-order valence-electron chi connectivity index (χ4n) is 3.80. The van der Waals surface area contributed by atoms with Gasteiger partial charge in [-0.25, -0.2) is 0 Å². The van der Waals surface area contributed by atoms with E-state index in [-0.39, 0.29) is 17.9 Å². The van der Waals surface area contributed by atoms with Crippen LogP contribution in [0.25, 0.3) is 0 Å². The molecule has 6 nitrogen and oxygen atoms in total. The molecular weight excluding hydrogens is 316 g/mol. The van der Waals surface area contributed by atoms with Crippen LogP contribution in [0.1, 0.15) is 48.5 Å². The largest absolute Gasteiger partial charge is 0.468 e. The highest BCUT2D eigenvalue weighted by Gasteiger charge is 2.27. The third kappa shape index (κ3) is 3.95. The van der Waals surface area contributed by atoms with Crippen molar-refractivity contribution < 1.29 is 9.21 Å². The van der Waals surface area contributed by atoms with E-state index in [0.29, 0.717) is 0 Å². The minimum absolute atomic E-state index is 0.0117. The summed E-state index contributed by atoms with van der Waals surface area (Å²) in [7, 11) is 1.94. The molecule has 1 atom stereocenters. The molecule has 1 N–H and O–H groups in total. The third-order valence-electron chi connectivity index (χ3n) is 5.27. The van der Waals surface area contributed by atoms with E-state index in [1.165, 1.54) is 0 Å². The summed E-state index contributed by atoms with van der Waals surface area (Å²) in [6.07, 6.45) is 3.49. The lowest BCUT2D eigenvalue weighted by molar-refractivity contribution is -0.127. The first kappa shape index (κ1) is 17.7. The molecule has 0 aliphatic carbocycles. The fourth-order valence-corrected chi connectivity index (χ4v) is 3.80. The van der Waals surface area contributed by atoms with Gasteiger partial charge in [-0.2, -0.15) is 5.10 Å². The van der Waals surface area contributed by atoms with Gasteiger partial charge in [-0.1, -0.05) is 0 Å². The van der Waals surface area contributed by atoms with Crippen LogP contribution in [-0.2, 0) is 18.4 Å². The summed E-state index contributed by atoms with van der Waals surface area (Å²) >= 11 is 0. The zero-order chi connectivity index (χ0) is 18.0. The van der Waals surface area contributed by atoms with Crippen LogP contribution in [0.5, 0.6) is 0 Å². The minimum Gasteiger partial charge on any atom is -0.468 e. The molecule has 2 aromatic rings. The molecule has 0 saturated carbocycles. The summed E-state index contributed by atoms with van der Waals surface area (Å²) in [5, 5.41) is 7.64. The molecule has 6 heteroatoms. The second kappa shape index (κ2) is 7.44. The number of hydrogen-bond donors (Lipinski definition) is 1. The van der Waals surface area contributed by atoms with E-state index < -0.39 is 0 Å². The first-order valence-corrected chi connectivity index (χ1v) is 9.01. The molecule has 3 rings (SSSR count). The van der Waals surface area contributed by atoms with Gasteiger partial charge in [-0.15, -0.1) is 0 Å². The summed E-state index contributed by atoms with van der Waals surface area (Å²) in [5.41, 5.74) is 3.23. The molecule has 0 aromatic carbocycles. The number of rotatable bonds is 5. The van der Waals surface area contributed by atoms with Gasteiger partial charge in [0, 0.05) is 24.2 Å². The number of furan rings is 1. The fraction of sp³-hybridized carbons (Fsp3) is 0.579. The van der Waals surface area contributed by atoms with E-state index >= 15 is 0 Å². The quantitative estimate of drug-likeness (QED) is 0.906. The summed E-state index contributed by atoms with van der Waals surface area (Å²) in [4.78, 5) is 15.0. The predicted molar refractivity (Wildman–Crippen MR) is 95.9 cm³/mol. The topological polar surface area (TPSA) is 63.3 Å². The molecule has 1 aliphatic rings. The van der Waals surface area contributed by atoms with Crippen molar-refractivity contribution in [1.82, 2.24) is 20.0 Å². The van der Waals surface area contributed by atoms with Gasteiger partial charge >= 0.3 is 0 Å². The second-order valence-electron chi connectivity index (χ2n) is 7.07. The Hall–Kier alpha value is -2.08. The Morgan fingerprint density at radius 3 is 2.68 bits per heavy atom. The molecule has 0 radical (unpaired) electrons. The standard InChI is InChI=1S/C19H28N4O2/c1-13(18-14(2)21-22(4)15(18)3)20-19(24)16-7-9-23(10-8-16)12-17-6-5-11-25-17/h5-6,11,13,16H,7-10,12H2,1-4H3,(H,20,24)/t13-/m0/s1. The number of nitrogens with zero attached hydrogens (tertiary/aromatic N) is 3. The third-order valence-corrected chi connectivity index (χ3v) is 5.27. The predicted octanol–water partition coefficient (Wildman–Crippen LogP) is 2.72. The van der Waals surface area contributed by atoms with Crippen molar-refractivity contribution >= 4 is 5.91 Å². The van der Waals surface area contributed by atoms with Crippen molar-refractivity contribution in [2.24, 2.45) is 13.0 Å². The molecule has 25 heavy (non-hydrogen) atoms. The smallest absolute Gasteiger partial charge is 0.223 e. The van der Waals surface area contributed by atoms with Gasteiger partial charge in [-0.3, -0.25) is 14.4 Å². The van der Waals surface area contributed by atoms with Crippen LogP contribution in [0.2, 0.25) is 0 Å². The van der Waals surface area contributed by atoms with Crippen molar-refractivity contribution in [3.8, 4) is 0 Å². The van der Waals surface area contributed by atoms with Crippen molar-refractivity contribution in [3.05, 3.63) is 41.1 Å². The van der Waals surface area contributed by atoms with Crippen LogP contribution in [0.4, 0.5) is 0 Å². The lowest BCUT2D eigenvalue weighted by Gasteiger charge is -2.31. The Bertz CT molecular complexity index is 712. The van der Waals surface area contributed by atoms with Gasteiger partial charge in [-0.05, 0) is 58.8 Å². The van der Waals surface area contributed by atoms with E-state index in [9.17, 15) is 4.79 Å². The van der Waals surface area contributed by atoms with Crippen molar-refractivity contribution in [1.29, 1.82) is 0 Å². The molecule has 1 fully saturated rings. The minimum atomic E-state index is -0.0117. The molecule has 1 saturated heterocycles. The Morgan fingerprint density at radius 2 is 2.12 bits per heavy atom. The number of aromatic nitrogens is 2. The number of hydrogen-bond acceptors (Lipinski definition) is 4. The number of nitrogens with one attached hydrogen (secondary N) is 1. The SMILES string of the molecule is Cc1nn(C)c(C)c1[C@H](C)NC(=O)C1CCN(Cc2ccco2)CC1. The number of piperidine rings is 1.